The minimum Gasteiger partial charge on any atom is -0.495 e. The summed E-state index contributed by atoms with van der Waals surface area (Å²) in [6.45, 7) is 3.63. The molecule has 0 aromatic heterocycles. The average Bonchev–Trinajstić information content (AvgIpc) is 2.44. The maximum atomic E-state index is 12.6. The van der Waals surface area contributed by atoms with Gasteiger partial charge in [0.15, 0.2) is 4.90 Å². The van der Waals surface area contributed by atoms with Gasteiger partial charge in [-0.2, -0.15) is 4.72 Å². The maximum Gasteiger partial charge on any atom is 0.321 e. The largest absolute Gasteiger partial charge is 0.495 e. The summed E-state index contributed by atoms with van der Waals surface area (Å²) in [7, 11) is -1.46. The number of hydrogen-bond acceptors (Lipinski definition) is 5. The number of nitrogens with one attached hydrogen (secondary N) is 1. The van der Waals surface area contributed by atoms with Gasteiger partial charge in [-0.3, -0.25) is 4.79 Å². The molecule has 1 aromatic rings. The van der Waals surface area contributed by atoms with Gasteiger partial charge in [0.1, 0.15) is 17.5 Å². The lowest BCUT2D eigenvalue weighted by molar-refractivity contribution is -0.139. The molecule has 0 spiro atoms. The number of aliphatic carboxylic acids is 1. The van der Waals surface area contributed by atoms with Crippen molar-refractivity contribution in [3.8, 4) is 11.5 Å². The minimum atomic E-state index is -4.12. The van der Waals surface area contributed by atoms with Gasteiger partial charge in [-0.1, -0.05) is 19.9 Å². The zero-order chi connectivity index (χ0) is 16.9. The molecule has 0 aliphatic rings. The van der Waals surface area contributed by atoms with Gasteiger partial charge in [0, 0.05) is 0 Å². The smallest absolute Gasteiger partial charge is 0.321 e. The van der Waals surface area contributed by atoms with E-state index in [2.05, 4.69) is 4.72 Å². The minimum absolute atomic E-state index is 0.0170. The SMILES string of the molecule is COc1cccc(OC)c1S(=O)(=O)N[C@@H](CC(C)C)C(=O)O. The van der Waals surface area contributed by atoms with Crippen LogP contribution in [0.5, 0.6) is 11.5 Å². The Bertz CT molecular complexity index is 604. The number of carbonyl (C=O) groups is 1. The van der Waals surface area contributed by atoms with Crippen molar-refractivity contribution in [2.24, 2.45) is 5.92 Å². The van der Waals surface area contributed by atoms with Crippen LogP contribution in [0.3, 0.4) is 0 Å². The molecule has 7 nitrogen and oxygen atoms in total. The fourth-order valence-corrected chi connectivity index (χ4v) is 3.52. The first-order valence-corrected chi connectivity index (χ1v) is 8.17. The summed E-state index contributed by atoms with van der Waals surface area (Å²) in [4.78, 5) is 11.1. The maximum absolute atomic E-state index is 12.6. The Hall–Kier alpha value is -1.80. The Morgan fingerprint density at radius 2 is 1.73 bits per heavy atom. The quantitative estimate of drug-likeness (QED) is 0.748. The first-order chi connectivity index (χ1) is 10.2. The number of benzene rings is 1. The van der Waals surface area contributed by atoms with Crippen LogP contribution in [-0.4, -0.2) is 39.8 Å². The highest BCUT2D eigenvalue weighted by molar-refractivity contribution is 7.89. The summed E-state index contributed by atoms with van der Waals surface area (Å²) in [6.07, 6.45) is 0.173. The highest BCUT2D eigenvalue weighted by Gasteiger charge is 2.30. The summed E-state index contributed by atoms with van der Waals surface area (Å²) < 4.78 is 37.4. The topological polar surface area (TPSA) is 102 Å². The van der Waals surface area contributed by atoms with Gasteiger partial charge >= 0.3 is 5.97 Å². The van der Waals surface area contributed by atoms with Crippen LogP contribution in [0, 0.1) is 5.92 Å². The van der Waals surface area contributed by atoms with Crippen molar-refractivity contribution in [1.82, 2.24) is 4.72 Å². The van der Waals surface area contributed by atoms with Crippen LogP contribution < -0.4 is 14.2 Å². The van der Waals surface area contributed by atoms with Crippen LogP contribution in [0.15, 0.2) is 23.1 Å². The molecule has 0 saturated heterocycles. The Kier molecular flexibility index (Phi) is 6.19. The number of rotatable bonds is 8. The second kappa shape index (κ2) is 7.46. The lowest BCUT2D eigenvalue weighted by Crippen LogP contribution is -2.41. The fraction of sp³-hybridized carbons (Fsp3) is 0.500. The normalized spacial score (nSPS) is 13.0. The van der Waals surface area contributed by atoms with E-state index in [9.17, 15) is 18.3 Å². The number of methoxy groups -OCH3 is 2. The van der Waals surface area contributed by atoms with Gasteiger partial charge in [0.2, 0.25) is 10.0 Å². The highest BCUT2D eigenvalue weighted by atomic mass is 32.2. The number of carboxylic acid groups (broad SMARTS) is 1. The predicted molar refractivity (Wildman–Crippen MR) is 80.7 cm³/mol. The van der Waals surface area contributed by atoms with Gasteiger partial charge in [0.05, 0.1) is 14.2 Å². The Balaban J connectivity index is 3.26. The summed E-state index contributed by atoms with van der Waals surface area (Å²) >= 11 is 0. The van der Waals surface area contributed by atoms with E-state index < -0.39 is 22.0 Å². The van der Waals surface area contributed by atoms with Crippen molar-refractivity contribution >= 4 is 16.0 Å². The molecular weight excluding hydrogens is 310 g/mol. The number of sulfonamides is 1. The van der Waals surface area contributed by atoms with E-state index in [4.69, 9.17) is 9.47 Å². The third kappa shape index (κ3) is 4.35. The predicted octanol–water partition coefficient (Wildman–Crippen LogP) is 1.48. The first kappa shape index (κ1) is 18.2. The van der Waals surface area contributed by atoms with E-state index in [1.54, 1.807) is 6.07 Å². The molecule has 0 amide bonds. The van der Waals surface area contributed by atoms with Crippen LogP contribution in [0.1, 0.15) is 20.3 Å². The van der Waals surface area contributed by atoms with Crippen LogP contribution >= 0.6 is 0 Å². The fourth-order valence-electron chi connectivity index (χ4n) is 2.00. The van der Waals surface area contributed by atoms with Crippen LogP contribution in [-0.2, 0) is 14.8 Å². The van der Waals surface area contributed by atoms with Crippen LogP contribution in [0.2, 0.25) is 0 Å². The molecule has 0 bridgehead atoms. The molecule has 1 rings (SSSR count). The van der Waals surface area contributed by atoms with Crippen molar-refractivity contribution in [3.63, 3.8) is 0 Å². The molecule has 2 N–H and O–H groups in total. The second-order valence-corrected chi connectivity index (χ2v) is 6.78. The molecule has 8 heteroatoms. The number of hydrogen-bond donors (Lipinski definition) is 2. The van der Waals surface area contributed by atoms with Gasteiger partial charge in [-0.05, 0) is 24.5 Å². The lowest BCUT2D eigenvalue weighted by Gasteiger charge is -2.19. The molecule has 0 aliphatic heterocycles. The third-order valence-electron chi connectivity index (χ3n) is 2.95. The highest BCUT2D eigenvalue weighted by Crippen LogP contribution is 2.33. The monoisotopic (exact) mass is 331 g/mol. The third-order valence-corrected chi connectivity index (χ3v) is 4.49. The van der Waals surface area contributed by atoms with Gasteiger partial charge in [0.25, 0.3) is 0 Å². The van der Waals surface area contributed by atoms with E-state index in [-0.39, 0.29) is 28.7 Å². The molecule has 124 valence electrons. The zero-order valence-electron chi connectivity index (χ0n) is 13.0. The Morgan fingerprint density at radius 1 is 1.23 bits per heavy atom. The van der Waals surface area contributed by atoms with Crippen molar-refractivity contribution < 1.29 is 27.8 Å². The molecular formula is C14H21NO6S. The van der Waals surface area contributed by atoms with Crippen molar-refractivity contribution in [1.29, 1.82) is 0 Å². The van der Waals surface area contributed by atoms with E-state index in [0.29, 0.717) is 0 Å². The average molecular weight is 331 g/mol. The summed E-state index contributed by atoms with van der Waals surface area (Å²) in [5, 5.41) is 9.20. The summed E-state index contributed by atoms with van der Waals surface area (Å²) in [6, 6.07) is 3.30. The number of ether oxygens (including phenoxy) is 2. The molecule has 0 heterocycles. The van der Waals surface area contributed by atoms with Gasteiger partial charge < -0.3 is 14.6 Å². The van der Waals surface area contributed by atoms with Crippen molar-refractivity contribution in [2.75, 3.05) is 14.2 Å². The first-order valence-electron chi connectivity index (χ1n) is 6.69. The van der Waals surface area contributed by atoms with Crippen LogP contribution in [0.4, 0.5) is 0 Å². The molecule has 0 fully saturated rings. The Morgan fingerprint density at radius 3 is 2.09 bits per heavy atom. The van der Waals surface area contributed by atoms with E-state index in [1.165, 1.54) is 26.4 Å². The molecule has 0 aliphatic carbocycles. The van der Waals surface area contributed by atoms with E-state index in [1.807, 2.05) is 13.8 Å². The van der Waals surface area contributed by atoms with Crippen molar-refractivity contribution in [2.45, 2.75) is 31.2 Å². The van der Waals surface area contributed by atoms with Gasteiger partial charge in [-0.25, -0.2) is 8.42 Å². The zero-order valence-corrected chi connectivity index (χ0v) is 13.8. The summed E-state index contributed by atoms with van der Waals surface area (Å²) in [5.74, 6) is -1.05. The van der Waals surface area contributed by atoms with E-state index >= 15 is 0 Å². The summed E-state index contributed by atoms with van der Waals surface area (Å²) in [5.41, 5.74) is 0. The standard InChI is InChI=1S/C14H21NO6S/c1-9(2)8-10(14(16)17)15-22(18,19)13-11(20-3)6-5-7-12(13)21-4/h5-7,9-10,15H,8H2,1-4H3,(H,16,17)/t10-/m0/s1. The molecule has 0 unspecified atom stereocenters. The lowest BCUT2D eigenvalue weighted by atomic mass is 10.1. The van der Waals surface area contributed by atoms with Gasteiger partial charge in [-0.15, -0.1) is 0 Å². The van der Waals surface area contributed by atoms with Crippen LogP contribution in [0.25, 0.3) is 0 Å². The van der Waals surface area contributed by atoms with Crippen molar-refractivity contribution in [3.05, 3.63) is 18.2 Å². The molecule has 22 heavy (non-hydrogen) atoms. The molecule has 0 saturated carbocycles. The van der Waals surface area contributed by atoms with E-state index in [0.717, 1.165) is 0 Å². The Labute approximate surface area is 130 Å². The second-order valence-electron chi connectivity index (χ2n) is 5.13. The molecule has 1 aromatic carbocycles. The molecule has 0 radical (unpaired) electrons. The number of carboxylic acids is 1. The molecule has 1 atom stereocenters.